The smallest absolute Gasteiger partial charge is 0.281 e. The monoisotopic (exact) mass is 279 g/mol. The van der Waals surface area contributed by atoms with E-state index in [-0.39, 0.29) is 11.3 Å². The van der Waals surface area contributed by atoms with E-state index < -0.39 is 4.92 Å². The summed E-state index contributed by atoms with van der Waals surface area (Å²) in [4.78, 5) is 21.2. The van der Waals surface area contributed by atoms with E-state index in [0.29, 0.717) is 16.1 Å². The summed E-state index contributed by atoms with van der Waals surface area (Å²) in [7, 11) is 0. The Balaban J connectivity index is 2.95. The molecule has 0 saturated heterocycles. The van der Waals surface area contributed by atoms with Crippen molar-refractivity contribution >= 4 is 38.7 Å². The maximum Gasteiger partial charge on any atom is 0.281 e. The van der Waals surface area contributed by atoms with Crippen molar-refractivity contribution in [3.63, 3.8) is 0 Å². The molecule has 2 rings (SSSR count). The molecule has 5 heteroatoms. The first-order valence-electron chi connectivity index (χ1n) is 4.46. The molecule has 0 aliphatic heterocycles. The summed E-state index contributed by atoms with van der Waals surface area (Å²) in [6.07, 6.45) is 0.521. The van der Waals surface area contributed by atoms with E-state index in [1.165, 1.54) is 6.07 Å². The average molecular weight is 280 g/mol. The zero-order valence-electron chi connectivity index (χ0n) is 8.01. The van der Waals surface area contributed by atoms with Crippen molar-refractivity contribution in [1.29, 1.82) is 0 Å². The molecule has 0 radical (unpaired) electrons. The standard InChI is InChI=1S/C11H6BrNO3/c12-10-5-11(13(15)16)9(6-14)7-3-1-2-4-8(7)10/h1-6H. The molecule has 4 nitrogen and oxygen atoms in total. The minimum Gasteiger partial charge on any atom is -0.298 e. The highest BCUT2D eigenvalue weighted by molar-refractivity contribution is 9.10. The minimum atomic E-state index is -0.555. The van der Waals surface area contributed by atoms with E-state index in [4.69, 9.17) is 0 Å². The number of aldehydes is 1. The van der Waals surface area contributed by atoms with Crippen LogP contribution < -0.4 is 0 Å². The highest BCUT2D eigenvalue weighted by Gasteiger charge is 2.18. The Labute approximate surface area is 99.2 Å². The molecule has 2 aromatic rings. The van der Waals surface area contributed by atoms with Gasteiger partial charge in [0.25, 0.3) is 5.69 Å². The molecule has 0 aliphatic rings. The molecule has 0 fully saturated rings. The average Bonchev–Trinajstić information content (AvgIpc) is 2.29. The molecule has 0 atom stereocenters. The second kappa shape index (κ2) is 4.02. The van der Waals surface area contributed by atoms with Crippen molar-refractivity contribution < 1.29 is 9.72 Å². The summed E-state index contributed by atoms with van der Waals surface area (Å²) in [6.45, 7) is 0. The van der Waals surface area contributed by atoms with Gasteiger partial charge in [-0.15, -0.1) is 0 Å². The predicted octanol–water partition coefficient (Wildman–Crippen LogP) is 3.32. The van der Waals surface area contributed by atoms with Gasteiger partial charge in [-0.1, -0.05) is 24.3 Å². The maximum absolute atomic E-state index is 10.9. The normalized spacial score (nSPS) is 10.3. The van der Waals surface area contributed by atoms with Crippen LogP contribution in [0.15, 0.2) is 34.8 Å². The van der Waals surface area contributed by atoms with E-state index in [1.807, 2.05) is 6.07 Å². The first kappa shape index (κ1) is 10.8. The van der Waals surface area contributed by atoms with Gasteiger partial charge in [0.05, 0.1) is 10.5 Å². The van der Waals surface area contributed by atoms with E-state index in [0.717, 1.165) is 5.39 Å². The number of fused-ring (bicyclic) bond motifs is 1. The SMILES string of the molecule is O=Cc1c([N+](=O)[O-])cc(Br)c2ccccc12. The van der Waals surface area contributed by atoms with Gasteiger partial charge in [-0.05, 0) is 21.3 Å². The summed E-state index contributed by atoms with van der Waals surface area (Å²) >= 11 is 3.26. The maximum atomic E-state index is 10.9. The van der Waals surface area contributed by atoms with Crippen LogP contribution in [0.5, 0.6) is 0 Å². The fourth-order valence-electron chi connectivity index (χ4n) is 1.61. The van der Waals surface area contributed by atoms with Crippen LogP contribution in [0.1, 0.15) is 10.4 Å². The van der Waals surface area contributed by atoms with Gasteiger partial charge >= 0.3 is 0 Å². The highest BCUT2D eigenvalue weighted by Crippen LogP contribution is 2.32. The molecule has 0 N–H and O–H groups in total. The number of nitro benzene ring substituents is 1. The van der Waals surface area contributed by atoms with Crippen LogP contribution >= 0.6 is 15.9 Å². The lowest BCUT2D eigenvalue weighted by Crippen LogP contribution is -1.96. The largest absolute Gasteiger partial charge is 0.298 e. The predicted molar refractivity (Wildman–Crippen MR) is 63.7 cm³/mol. The van der Waals surface area contributed by atoms with Crippen molar-refractivity contribution in [2.75, 3.05) is 0 Å². The number of benzene rings is 2. The molecule has 0 aliphatic carbocycles. The first-order chi connectivity index (χ1) is 7.65. The number of rotatable bonds is 2. The Morgan fingerprint density at radius 1 is 1.25 bits per heavy atom. The molecule has 0 unspecified atom stereocenters. The number of carbonyl (C=O) groups is 1. The molecule has 0 bridgehead atoms. The van der Waals surface area contributed by atoms with Crippen LogP contribution in [0.4, 0.5) is 5.69 Å². The number of halogens is 1. The molecule has 2 aromatic carbocycles. The van der Waals surface area contributed by atoms with Crippen LogP contribution in [0.25, 0.3) is 10.8 Å². The molecule has 16 heavy (non-hydrogen) atoms. The van der Waals surface area contributed by atoms with Gasteiger partial charge in [-0.25, -0.2) is 0 Å². The summed E-state index contributed by atoms with van der Waals surface area (Å²) in [5.41, 5.74) is -0.0654. The quantitative estimate of drug-likeness (QED) is 0.481. The fraction of sp³-hybridized carbons (Fsp3) is 0. The zero-order chi connectivity index (χ0) is 11.7. The third-order valence-electron chi connectivity index (χ3n) is 2.33. The molecule has 0 amide bonds. The lowest BCUT2D eigenvalue weighted by atomic mass is 10.0. The summed E-state index contributed by atoms with van der Waals surface area (Å²) < 4.78 is 0.611. The Morgan fingerprint density at radius 3 is 2.44 bits per heavy atom. The van der Waals surface area contributed by atoms with Crippen molar-refractivity contribution in [2.24, 2.45) is 0 Å². The topological polar surface area (TPSA) is 60.2 Å². The van der Waals surface area contributed by atoms with Gasteiger partial charge in [0, 0.05) is 15.9 Å². The number of nitrogens with zero attached hydrogens (tertiary/aromatic N) is 1. The van der Waals surface area contributed by atoms with Crippen LogP contribution in [0.3, 0.4) is 0 Å². The highest BCUT2D eigenvalue weighted by atomic mass is 79.9. The first-order valence-corrected chi connectivity index (χ1v) is 5.25. The second-order valence-electron chi connectivity index (χ2n) is 3.21. The van der Waals surface area contributed by atoms with E-state index >= 15 is 0 Å². The number of hydrogen-bond donors (Lipinski definition) is 0. The Morgan fingerprint density at radius 2 is 1.88 bits per heavy atom. The van der Waals surface area contributed by atoms with Crippen molar-refractivity contribution in [1.82, 2.24) is 0 Å². The third kappa shape index (κ3) is 1.59. The molecule has 80 valence electrons. The second-order valence-corrected chi connectivity index (χ2v) is 4.07. The van der Waals surface area contributed by atoms with Crippen LogP contribution in [-0.2, 0) is 0 Å². The van der Waals surface area contributed by atoms with Gasteiger partial charge in [-0.2, -0.15) is 0 Å². The Bertz CT molecular complexity index is 595. The van der Waals surface area contributed by atoms with Crippen molar-refractivity contribution in [3.05, 3.63) is 50.5 Å². The van der Waals surface area contributed by atoms with Gasteiger partial charge in [-0.3, -0.25) is 14.9 Å². The summed E-state index contributed by atoms with van der Waals surface area (Å²) in [5.74, 6) is 0. The van der Waals surface area contributed by atoms with Crippen molar-refractivity contribution in [2.45, 2.75) is 0 Å². The number of nitro groups is 1. The van der Waals surface area contributed by atoms with Crippen LogP contribution in [0.2, 0.25) is 0 Å². The molecule has 0 aromatic heterocycles. The van der Waals surface area contributed by atoms with Gasteiger partial charge in [0.2, 0.25) is 0 Å². The van der Waals surface area contributed by atoms with Gasteiger partial charge in [0.15, 0.2) is 6.29 Å². The lowest BCUT2D eigenvalue weighted by molar-refractivity contribution is -0.385. The minimum absolute atomic E-state index is 0.115. The molecule has 0 saturated carbocycles. The van der Waals surface area contributed by atoms with Gasteiger partial charge in [0.1, 0.15) is 0 Å². The van der Waals surface area contributed by atoms with E-state index in [9.17, 15) is 14.9 Å². The molecule has 0 heterocycles. The van der Waals surface area contributed by atoms with E-state index in [1.54, 1.807) is 18.2 Å². The fourth-order valence-corrected chi connectivity index (χ4v) is 2.18. The Kier molecular flexibility index (Phi) is 2.70. The van der Waals surface area contributed by atoms with E-state index in [2.05, 4.69) is 15.9 Å². The molecular weight excluding hydrogens is 274 g/mol. The van der Waals surface area contributed by atoms with Crippen molar-refractivity contribution in [3.8, 4) is 0 Å². The lowest BCUT2D eigenvalue weighted by Gasteiger charge is -2.04. The summed E-state index contributed by atoms with van der Waals surface area (Å²) in [5, 5.41) is 12.2. The summed E-state index contributed by atoms with van der Waals surface area (Å²) in [6, 6.07) is 8.40. The number of hydrogen-bond acceptors (Lipinski definition) is 3. The molecule has 0 spiro atoms. The van der Waals surface area contributed by atoms with Crippen LogP contribution in [-0.4, -0.2) is 11.2 Å². The Hall–Kier alpha value is -1.75. The zero-order valence-corrected chi connectivity index (χ0v) is 9.60. The molecular formula is C11H6BrNO3. The third-order valence-corrected chi connectivity index (χ3v) is 2.98. The number of carbonyl (C=O) groups excluding carboxylic acids is 1. The van der Waals surface area contributed by atoms with Gasteiger partial charge < -0.3 is 0 Å². The van der Waals surface area contributed by atoms with Crippen LogP contribution in [0, 0.1) is 10.1 Å².